The summed E-state index contributed by atoms with van der Waals surface area (Å²) in [6.07, 6.45) is -0.987. The Kier molecular flexibility index (Phi) is 3.98. The Bertz CT molecular complexity index is 557. The van der Waals surface area contributed by atoms with Gasteiger partial charge in [-0.15, -0.1) is 0 Å². The Morgan fingerprint density at radius 1 is 1.43 bits per heavy atom. The van der Waals surface area contributed by atoms with Crippen LogP contribution in [-0.2, 0) is 23.8 Å². The largest absolute Gasteiger partial charge is 0.466 e. The molecule has 2 heterocycles. The molecule has 7 nitrogen and oxygen atoms in total. The smallest absolute Gasteiger partial charge is 0.336 e. The molecule has 3 aliphatic rings. The van der Waals surface area contributed by atoms with Gasteiger partial charge in [0, 0.05) is 5.92 Å². The maximum atomic E-state index is 12.0. The second kappa shape index (κ2) is 5.58. The Balaban J connectivity index is 1.98. The fraction of sp³-hybridized carbons (Fsp3) is 0.750. The molecule has 0 unspecified atom stereocenters. The van der Waals surface area contributed by atoms with Crippen LogP contribution < -0.4 is 0 Å². The van der Waals surface area contributed by atoms with Crippen LogP contribution in [0.1, 0.15) is 26.7 Å². The van der Waals surface area contributed by atoms with Gasteiger partial charge in [0.25, 0.3) is 0 Å². The van der Waals surface area contributed by atoms with E-state index in [0.29, 0.717) is 12.8 Å². The maximum absolute atomic E-state index is 12.0. The Morgan fingerprint density at radius 2 is 2.13 bits per heavy atom. The number of hydrogen-bond acceptors (Lipinski definition) is 7. The van der Waals surface area contributed by atoms with Crippen molar-refractivity contribution in [2.24, 2.45) is 11.8 Å². The molecule has 23 heavy (non-hydrogen) atoms. The molecule has 2 fully saturated rings. The Morgan fingerprint density at radius 3 is 2.78 bits per heavy atom. The first-order valence-electron chi connectivity index (χ1n) is 7.83. The van der Waals surface area contributed by atoms with Crippen LogP contribution in [0.3, 0.4) is 0 Å². The topological polar surface area (TPSA) is 106 Å². The summed E-state index contributed by atoms with van der Waals surface area (Å²) in [5, 5.41) is 21.1. The first-order chi connectivity index (χ1) is 10.8. The second-order valence-corrected chi connectivity index (χ2v) is 6.74. The minimum atomic E-state index is -1.44. The number of rotatable bonds is 1. The van der Waals surface area contributed by atoms with E-state index >= 15 is 0 Å². The third kappa shape index (κ3) is 2.56. The lowest BCUT2D eigenvalue weighted by molar-refractivity contribution is -0.145. The zero-order valence-electron chi connectivity index (χ0n) is 13.4. The molecule has 128 valence electrons. The van der Waals surface area contributed by atoms with Crippen molar-refractivity contribution in [2.45, 2.75) is 56.7 Å². The fourth-order valence-electron chi connectivity index (χ4n) is 3.74. The molecule has 3 rings (SSSR count). The minimum absolute atomic E-state index is 0.00741. The van der Waals surface area contributed by atoms with Crippen LogP contribution in [-0.4, -0.2) is 59.3 Å². The summed E-state index contributed by atoms with van der Waals surface area (Å²) < 4.78 is 15.8. The van der Waals surface area contributed by atoms with Gasteiger partial charge in [-0.05, 0) is 19.8 Å². The molecule has 0 spiro atoms. The summed E-state index contributed by atoms with van der Waals surface area (Å²) in [6.45, 7) is 3.57. The zero-order chi connectivity index (χ0) is 16.9. The molecule has 2 aliphatic heterocycles. The van der Waals surface area contributed by atoms with Crippen molar-refractivity contribution in [3.05, 3.63) is 11.6 Å². The van der Waals surface area contributed by atoms with E-state index in [1.165, 1.54) is 7.11 Å². The molecule has 1 aliphatic carbocycles. The average molecular weight is 326 g/mol. The molecule has 7 atom stereocenters. The number of allylic oxidation sites excluding steroid dienone is 1. The van der Waals surface area contributed by atoms with Crippen LogP contribution in [0.15, 0.2) is 11.6 Å². The molecule has 0 amide bonds. The molecular formula is C16H22O7. The van der Waals surface area contributed by atoms with Crippen molar-refractivity contribution in [1.82, 2.24) is 0 Å². The van der Waals surface area contributed by atoms with E-state index in [9.17, 15) is 19.8 Å². The van der Waals surface area contributed by atoms with E-state index in [0.717, 1.165) is 0 Å². The third-order valence-corrected chi connectivity index (χ3v) is 5.28. The van der Waals surface area contributed by atoms with Gasteiger partial charge in [-0.2, -0.15) is 0 Å². The zero-order valence-corrected chi connectivity index (χ0v) is 13.4. The lowest BCUT2D eigenvalue weighted by Gasteiger charge is -2.29. The first kappa shape index (κ1) is 16.4. The van der Waals surface area contributed by atoms with E-state index in [2.05, 4.69) is 0 Å². The van der Waals surface area contributed by atoms with Gasteiger partial charge in [0.05, 0.1) is 30.3 Å². The van der Waals surface area contributed by atoms with Gasteiger partial charge in [-0.25, -0.2) is 4.79 Å². The number of hydrogen-bond donors (Lipinski definition) is 2. The predicted molar refractivity (Wildman–Crippen MR) is 77.2 cm³/mol. The van der Waals surface area contributed by atoms with Gasteiger partial charge in [-0.3, -0.25) is 4.79 Å². The molecule has 2 saturated heterocycles. The first-order valence-corrected chi connectivity index (χ1v) is 7.83. The second-order valence-electron chi connectivity index (χ2n) is 6.74. The predicted octanol–water partition coefficient (Wildman–Crippen LogP) is -0.0634. The van der Waals surface area contributed by atoms with E-state index in [1.807, 2.05) is 6.92 Å². The molecule has 0 bridgehead atoms. The van der Waals surface area contributed by atoms with E-state index in [-0.39, 0.29) is 11.7 Å². The van der Waals surface area contributed by atoms with Crippen molar-refractivity contribution < 1.29 is 34.0 Å². The highest BCUT2D eigenvalue weighted by Gasteiger charge is 2.64. The highest BCUT2D eigenvalue weighted by atomic mass is 16.6. The van der Waals surface area contributed by atoms with Gasteiger partial charge < -0.3 is 24.4 Å². The number of carbonyl (C=O) groups excluding carboxylic acids is 2. The lowest BCUT2D eigenvalue weighted by Crippen LogP contribution is -2.45. The average Bonchev–Trinajstić information content (AvgIpc) is 3.10. The van der Waals surface area contributed by atoms with Crippen LogP contribution in [0.4, 0.5) is 0 Å². The molecule has 0 saturated carbocycles. The molecule has 2 N–H and O–H groups in total. The number of esters is 2. The van der Waals surface area contributed by atoms with E-state index < -0.39 is 47.7 Å². The van der Waals surface area contributed by atoms with E-state index in [1.54, 1.807) is 13.0 Å². The van der Waals surface area contributed by atoms with Crippen LogP contribution in [0, 0.1) is 11.8 Å². The molecule has 0 aromatic carbocycles. The van der Waals surface area contributed by atoms with Crippen LogP contribution in [0.5, 0.6) is 0 Å². The monoisotopic (exact) mass is 326 g/mol. The minimum Gasteiger partial charge on any atom is -0.466 e. The van der Waals surface area contributed by atoms with Crippen molar-refractivity contribution in [1.29, 1.82) is 0 Å². The van der Waals surface area contributed by atoms with Crippen LogP contribution >= 0.6 is 0 Å². The summed E-state index contributed by atoms with van der Waals surface area (Å²) in [5.74, 6) is -2.34. The number of epoxide rings is 1. The number of aliphatic hydroxyl groups is 2. The van der Waals surface area contributed by atoms with Gasteiger partial charge >= 0.3 is 11.9 Å². The number of methoxy groups -OCH3 is 1. The summed E-state index contributed by atoms with van der Waals surface area (Å²) in [4.78, 5) is 23.9. The van der Waals surface area contributed by atoms with Crippen molar-refractivity contribution in [2.75, 3.05) is 7.11 Å². The highest BCUT2D eigenvalue weighted by molar-refractivity contribution is 5.89. The van der Waals surface area contributed by atoms with Gasteiger partial charge in [0.15, 0.2) is 0 Å². The summed E-state index contributed by atoms with van der Waals surface area (Å²) in [5.41, 5.74) is -0.444. The third-order valence-electron chi connectivity index (χ3n) is 5.28. The number of carbonyl (C=O) groups is 2. The molecule has 0 aromatic heterocycles. The quantitative estimate of drug-likeness (QED) is 0.513. The summed E-state index contributed by atoms with van der Waals surface area (Å²) in [6, 6.07) is 0. The Hall–Kier alpha value is -1.44. The maximum Gasteiger partial charge on any atom is 0.336 e. The summed E-state index contributed by atoms with van der Waals surface area (Å²) >= 11 is 0. The number of fused-ring (bicyclic) bond motifs is 3. The standard InChI is InChI=1S/C16H22O7/c1-7-9-11(18)10(17)8(15(20)21-3)5-4-6-16(2)13(23-16)12(9)22-14(7)19/h5,7,9-13,17-18H,4,6H2,1-3H3/b8-5+/t7-,9-,10+,11-,12+,13+,16-/m1/s1. The molecule has 0 radical (unpaired) electrons. The van der Waals surface area contributed by atoms with Crippen molar-refractivity contribution >= 4 is 11.9 Å². The van der Waals surface area contributed by atoms with Gasteiger partial charge in [-0.1, -0.05) is 13.0 Å². The van der Waals surface area contributed by atoms with Gasteiger partial charge in [0.2, 0.25) is 0 Å². The van der Waals surface area contributed by atoms with Crippen molar-refractivity contribution in [3.63, 3.8) is 0 Å². The Labute approximate surface area is 134 Å². The molecular weight excluding hydrogens is 304 g/mol. The number of ether oxygens (including phenoxy) is 3. The molecule has 7 heteroatoms. The van der Waals surface area contributed by atoms with Gasteiger partial charge in [0.1, 0.15) is 18.3 Å². The molecule has 0 aromatic rings. The summed E-state index contributed by atoms with van der Waals surface area (Å²) in [7, 11) is 1.22. The van der Waals surface area contributed by atoms with E-state index in [4.69, 9.17) is 14.2 Å². The van der Waals surface area contributed by atoms with Crippen LogP contribution in [0.2, 0.25) is 0 Å². The normalized spacial score (nSPS) is 48.4. The van der Waals surface area contributed by atoms with Crippen LogP contribution in [0.25, 0.3) is 0 Å². The number of aliphatic hydroxyl groups excluding tert-OH is 2. The fourth-order valence-corrected chi connectivity index (χ4v) is 3.74. The SMILES string of the molecule is COC(=O)/C1=C/CC[C@@]2(C)O[C@H]2[C@H]2OC(=O)[C@H](C)[C@@H]2[C@@H](O)[C@H]1O. The highest BCUT2D eigenvalue weighted by Crippen LogP contribution is 2.50. The lowest BCUT2D eigenvalue weighted by atomic mass is 9.78. The van der Waals surface area contributed by atoms with Crippen molar-refractivity contribution in [3.8, 4) is 0 Å².